The molecule has 1 rings (SSSR count). The molecule has 0 aliphatic rings. The number of hydrogen-bond donors (Lipinski definition) is 2. The summed E-state index contributed by atoms with van der Waals surface area (Å²) in [5.41, 5.74) is 7.72. The number of benzene rings is 1. The fourth-order valence-electron chi connectivity index (χ4n) is 1.69. The van der Waals surface area contributed by atoms with E-state index in [0.717, 1.165) is 28.7 Å². The number of anilines is 1. The Balaban J connectivity index is 2.73. The number of nitrogens with zero attached hydrogens (tertiary/aromatic N) is 1. The van der Waals surface area contributed by atoms with Gasteiger partial charge in [0.25, 0.3) is 0 Å². The Labute approximate surface area is 117 Å². The molecule has 1 aromatic carbocycles. The van der Waals surface area contributed by atoms with Gasteiger partial charge in [-0.25, -0.2) is 0 Å². The number of rotatable bonds is 6. The molecule has 4 nitrogen and oxygen atoms in total. The molecular weight excluding hydrogens is 294 g/mol. The van der Waals surface area contributed by atoms with Crippen LogP contribution in [0.15, 0.2) is 22.7 Å². The van der Waals surface area contributed by atoms with Crippen LogP contribution in [0.1, 0.15) is 18.9 Å². The van der Waals surface area contributed by atoms with E-state index in [4.69, 9.17) is 5.73 Å². The second-order valence-electron chi connectivity index (χ2n) is 4.18. The van der Waals surface area contributed by atoms with Crippen LogP contribution in [-0.2, 0) is 11.3 Å². The van der Waals surface area contributed by atoms with Crippen molar-refractivity contribution in [2.24, 2.45) is 5.73 Å². The monoisotopic (exact) mass is 313 g/mol. The summed E-state index contributed by atoms with van der Waals surface area (Å²) in [6.45, 7) is 3.55. The van der Waals surface area contributed by atoms with E-state index in [1.54, 1.807) is 0 Å². The van der Waals surface area contributed by atoms with Gasteiger partial charge in [-0.3, -0.25) is 4.79 Å². The molecule has 5 heteroatoms. The average Bonchev–Trinajstić information content (AvgIpc) is 2.36. The number of carbonyl (C=O) groups is 1. The lowest BCUT2D eigenvalue weighted by atomic mass is 10.1. The first kappa shape index (κ1) is 15.0. The second kappa shape index (κ2) is 7.38. The number of halogens is 1. The number of hydrogen-bond acceptors (Lipinski definition) is 3. The summed E-state index contributed by atoms with van der Waals surface area (Å²) in [4.78, 5) is 13.6. The zero-order valence-corrected chi connectivity index (χ0v) is 12.5. The molecule has 0 unspecified atom stereocenters. The molecule has 0 bridgehead atoms. The molecule has 3 N–H and O–H groups in total. The Bertz CT molecular complexity index is 409. The summed E-state index contributed by atoms with van der Waals surface area (Å²) in [7, 11) is 1.90. The first-order valence-corrected chi connectivity index (χ1v) is 6.84. The third-order valence-corrected chi connectivity index (χ3v) is 3.12. The van der Waals surface area contributed by atoms with Crippen molar-refractivity contribution in [3.05, 3.63) is 28.2 Å². The van der Waals surface area contributed by atoms with Crippen LogP contribution >= 0.6 is 15.9 Å². The highest BCUT2D eigenvalue weighted by Crippen LogP contribution is 2.23. The predicted molar refractivity (Wildman–Crippen MR) is 78.6 cm³/mol. The normalized spacial score (nSPS) is 10.2. The predicted octanol–water partition coefficient (Wildman–Crippen LogP) is 1.87. The molecule has 0 aromatic heterocycles. The van der Waals surface area contributed by atoms with Crippen LogP contribution in [-0.4, -0.2) is 26.0 Å². The highest BCUT2D eigenvalue weighted by Gasteiger charge is 2.10. The second-order valence-corrected chi connectivity index (χ2v) is 5.10. The van der Waals surface area contributed by atoms with E-state index in [1.165, 1.54) is 0 Å². The fourth-order valence-corrected chi connectivity index (χ4v) is 2.03. The zero-order chi connectivity index (χ0) is 13.5. The number of amides is 1. The van der Waals surface area contributed by atoms with Crippen LogP contribution < -0.4 is 16.0 Å². The van der Waals surface area contributed by atoms with Crippen LogP contribution in [0, 0.1) is 0 Å². The van der Waals surface area contributed by atoms with Gasteiger partial charge in [-0.05, 0) is 24.1 Å². The van der Waals surface area contributed by atoms with E-state index in [1.807, 2.05) is 37.1 Å². The van der Waals surface area contributed by atoms with Crippen LogP contribution in [0.2, 0.25) is 0 Å². The molecule has 0 heterocycles. The summed E-state index contributed by atoms with van der Waals surface area (Å²) in [6, 6.07) is 5.91. The van der Waals surface area contributed by atoms with Gasteiger partial charge < -0.3 is 16.0 Å². The van der Waals surface area contributed by atoms with E-state index >= 15 is 0 Å². The van der Waals surface area contributed by atoms with E-state index in [2.05, 4.69) is 21.2 Å². The summed E-state index contributed by atoms with van der Waals surface area (Å²) in [6.07, 6.45) is 0.945. The third-order valence-electron chi connectivity index (χ3n) is 2.63. The van der Waals surface area contributed by atoms with Crippen LogP contribution in [0.25, 0.3) is 0 Å². The zero-order valence-electron chi connectivity index (χ0n) is 10.9. The molecule has 0 aliphatic carbocycles. The summed E-state index contributed by atoms with van der Waals surface area (Å²) < 4.78 is 0.982. The lowest BCUT2D eigenvalue weighted by Gasteiger charge is -2.22. The number of nitrogens with one attached hydrogen (secondary N) is 1. The topological polar surface area (TPSA) is 58.4 Å². The largest absolute Gasteiger partial charge is 0.365 e. The Morgan fingerprint density at radius 2 is 2.22 bits per heavy atom. The van der Waals surface area contributed by atoms with Gasteiger partial charge >= 0.3 is 0 Å². The molecule has 0 saturated carbocycles. The smallest absolute Gasteiger partial charge is 0.239 e. The van der Waals surface area contributed by atoms with Gasteiger partial charge in [0, 0.05) is 30.3 Å². The van der Waals surface area contributed by atoms with Gasteiger partial charge in [-0.15, -0.1) is 0 Å². The van der Waals surface area contributed by atoms with Crippen molar-refractivity contribution in [2.45, 2.75) is 19.9 Å². The maximum absolute atomic E-state index is 11.7. The van der Waals surface area contributed by atoms with Gasteiger partial charge in [-0.2, -0.15) is 0 Å². The number of carbonyl (C=O) groups excluding carboxylic acids is 1. The van der Waals surface area contributed by atoms with E-state index in [9.17, 15) is 4.79 Å². The summed E-state index contributed by atoms with van der Waals surface area (Å²) in [5, 5.41) is 2.86. The van der Waals surface area contributed by atoms with Crippen molar-refractivity contribution in [3.8, 4) is 0 Å². The van der Waals surface area contributed by atoms with Crippen molar-refractivity contribution >= 4 is 27.5 Å². The van der Waals surface area contributed by atoms with Gasteiger partial charge in [0.1, 0.15) is 0 Å². The lowest BCUT2D eigenvalue weighted by molar-refractivity contribution is -0.119. The van der Waals surface area contributed by atoms with Crippen molar-refractivity contribution in [1.82, 2.24) is 5.32 Å². The molecule has 0 aliphatic heterocycles. The molecule has 0 radical (unpaired) electrons. The third kappa shape index (κ3) is 4.31. The van der Waals surface area contributed by atoms with Crippen molar-refractivity contribution in [1.29, 1.82) is 0 Å². The summed E-state index contributed by atoms with van der Waals surface area (Å²) >= 11 is 3.43. The lowest BCUT2D eigenvalue weighted by Crippen LogP contribution is -2.36. The van der Waals surface area contributed by atoms with Crippen LogP contribution in [0.5, 0.6) is 0 Å². The SMILES string of the molecule is CCCNC(=O)CN(C)c1cc(Br)ccc1CN. The molecule has 0 saturated heterocycles. The minimum absolute atomic E-state index is 0.0299. The molecule has 18 heavy (non-hydrogen) atoms. The minimum atomic E-state index is 0.0299. The Morgan fingerprint density at radius 1 is 1.50 bits per heavy atom. The molecular formula is C13H20BrN3O. The quantitative estimate of drug-likeness (QED) is 0.843. The molecule has 100 valence electrons. The standard InChI is InChI=1S/C13H20BrN3O/c1-3-6-16-13(18)9-17(2)12-7-11(14)5-4-10(12)8-15/h4-5,7H,3,6,8-9,15H2,1-2H3,(H,16,18). The molecule has 0 fully saturated rings. The van der Waals surface area contributed by atoms with E-state index in [-0.39, 0.29) is 5.91 Å². The number of likely N-dealkylation sites (N-methyl/N-ethyl adjacent to an activating group) is 1. The Kier molecular flexibility index (Phi) is 6.15. The molecule has 1 aromatic rings. The maximum Gasteiger partial charge on any atom is 0.239 e. The minimum Gasteiger partial charge on any atom is -0.365 e. The molecule has 1 amide bonds. The van der Waals surface area contributed by atoms with Gasteiger partial charge in [0.05, 0.1) is 6.54 Å². The molecule has 0 atom stereocenters. The van der Waals surface area contributed by atoms with Gasteiger partial charge in [-0.1, -0.05) is 28.9 Å². The van der Waals surface area contributed by atoms with Crippen molar-refractivity contribution in [3.63, 3.8) is 0 Å². The highest BCUT2D eigenvalue weighted by atomic mass is 79.9. The van der Waals surface area contributed by atoms with E-state index in [0.29, 0.717) is 13.1 Å². The van der Waals surface area contributed by atoms with Crippen LogP contribution in [0.4, 0.5) is 5.69 Å². The van der Waals surface area contributed by atoms with Crippen molar-refractivity contribution < 1.29 is 4.79 Å². The Hall–Kier alpha value is -1.07. The fraction of sp³-hybridized carbons (Fsp3) is 0.462. The van der Waals surface area contributed by atoms with Gasteiger partial charge in [0.15, 0.2) is 0 Å². The first-order chi connectivity index (χ1) is 8.58. The maximum atomic E-state index is 11.7. The van der Waals surface area contributed by atoms with Crippen molar-refractivity contribution in [2.75, 3.05) is 25.0 Å². The average molecular weight is 314 g/mol. The summed E-state index contributed by atoms with van der Waals surface area (Å²) in [5.74, 6) is 0.0299. The van der Waals surface area contributed by atoms with Gasteiger partial charge in [0.2, 0.25) is 5.91 Å². The van der Waals surface area contributed by atoms with E-state index < -0.39 is 0 Å². The highest BCUT2D eigenvalue weighted by molar-refractivity contribution is 9.10. The number of nitrogens with two attached hydrogens (primary N) is 1. The van der Waals surface area contributed by atoms with Crippen LogP contribution in [0.3, 0.4) is 0 Å². The Morgan fingerprint density at radius 3 is 2.83 bits per heavy atom. The first-order valence-electron chi connectivity index (χ1n) is 6.04. The molecule has 0 spiro atoms.